The molecule has 0 saturated heterocycles. The Kier molecular flexibility index (Phi) is 19.6. The Hall–Kier alpha value is -2.00. The molecule has 3 aromatic carbocycles. The molecule has 0 radical (unpaired) electrons. The molecule has 12 bridgehead atoms. The van der Waals surface area contributed by atoms with Gasteiger partial charge in [-0.05, 0) is 83.3 Å². The van der Waals surface area contributed by atoms with Gasteiger partial charge in [-0.2, -0.15) is 15.0 Å². The quantitative estimate of drug-likeness (QED) is 0.0803. The minimum absolute atomic E-state index is 0. The van der Waals surface area contributed by atoms with Gasteiger partial charge in [0.05, 0.1) is 53.7 Å². The normalized spacial score (nSPS) is 16.0. The van der Waals surface area contributed by atoms with Gasteiger partial charge in [0, 0.05) is 0 Å². The van der Waals surface area contributed by atoms with E-state index in [0.29, 0.717) is 6.07 Å². The molecule has 7 aliphatic rings. The average Bonchev–Trinajstić information content (AvgIpc) is 3.10. The maximum atomic E-state index is 12.4. The largest absolute Gasteiger partial charge is 1.00 e. The predicted octanol–water partition coefficient (Wildman–Crippen LogP) is -12.0. The van der Waals surface area contributed by atoms with Gasteiger partial charge in [0.1, 0.15) is 40.5 Å². The fourth-order valence-electron chi connectivity index (χ4n) is 5.04. The van der Waals surface area contributed by atoms with Gasteiger partial charge in [0.25, 0.3) is 0 Å². The SMILES string of the molecule is O=S(=O)([O-])c1cc2ccc1N=C1N=C(Cl)NC(=Nc3cc(c(S(=O)(=O)[O-])cc3S(=O)(=O)[O-])N=C3NC(Cl)=NC(=Nc4ccc(cc4S(=O)(=O)[O-])N=C4NC(Cl)=NC(=N2)N4)N3)N1.[Na+].[Na+].[Na+].[Na+]. The number of hydrogen-bond acceptors (Lipinski definition) is 27. The van der Waals surface area contributed by atoms with Crippen LogP contribution >= 0.6 is 34.8 Å². The second-order valence-electron chi connectivity index (χ2n) is 11.6. The molecule has 0 saturated carbocycles. The van der Waals surface area contributed by atoms with E-state index in [2.05, 4.69) is 76.8 Å². The molecule has 6 N–H and O–H groups in total. The first-order valence-electron chi connectivity index (χ1n) is 15.5. The molecule has 7 aliphatic heterocycles. The summed E-state index contributed by atoms with van der Waals surface area (Å²) in [5.41, 5.74) is -3.35. The van der Waals surface area contributed by atoms with Crippen molar-refractivity contribution in [3.63, 3.8) is 0 Å². The topological polar surface area (TPSA) is 412 Å². The van der Waals surface area contributed by atoms with Crippen molar-refractivity contribution < 1.29 is 170 Å². The van der Waals surface area contributed by atoms with Crippen LogP contribution < -0.4 is 150 Å². The van der Waals surface area contributed by atoms with Crippen molar-refractivity contribution in [2.24, 2.45) is 44.9 Å². The zero-order chi connectivity index (χ0) is 44.2. The first kappa shape index (κ1) is 57.3. The monoisotopic (exact) mass is 1060 g/mol. The molecule has 0 atom stereocenters. The molecule has 38 heteroatoms. The molecule has 318 valence electrons. The third kappa shape index (κ3) is 14.5. The number of aliphatic imine (C=N–C) groups is 9. The first-order valence-corrected chi connectivity index (χ1v) is 22.3. The molecule has 0 spiro atoms. The molecule has 3 aromatic rings. The van der Waals surface area contributed by atoms with Gasteiger partial charge in [0.15, 0.2) is 0 Å². The van der Waals surface area contributed by atoms with Crippen LogP contribution in [0.5, 0.6) is 0 Å². The maximum Gasteiger partial charge on any atom is 1.00 e. The van der Waals surface area contributed by atoms with Crippen LogP contribution in [-0.4, -0.2) is 104 Å². The number of guanidine groups is 6. The molecule has 65 heavy (non-hydrogen) atoms. The average molecular weight is 1070 g/mol. The molecule has 27 nitrogen and oxygen atoms in total. The van der Waals surface area contributed by atoms with E-state index in [4.69, 9.17) is 34.8 Å². The summed E-state index contributed by atoms with van der Waals surface area (Å²) in [5.74, 6) is -2.98. The Morgan fingerprint density at radius 3 is 1.02 bits per heavy atom. The van der Waals surface area contributed by atoms with Crippen LogP contribution in [0, 0.1) is 0 Å². The molecule has 0 aromatic heterocycles. The molecule has 0 fully saturated rings. The maximum absolute atomic E-state index is 12.4. The molecular formula is C27H14Cl3N15Na4O12S4. The summed E-state index contributed by atoms with van der Waals surface area (Å²) in [6.07, 6.45) is 0. The van der Waals surface area contributed by atoms with Crippen LogP contribution in [0.3, 0.4) is 0 Å². The Morgan fingerprint density at radius 2 is 0.662 bits per heavy atom. The smallest absolute Gasteiger partial charge is 0.744 e. The molecule has 10 rings (SSSR count). The van der Waals surface area contributed by atoms with Crippen LogP contribution in [0.25, 0.3) is 0 Å². The number of hydrogen-bond donors (Lipinski definition) is 6. The van der Waals surface area contributed by atoms with E-state index in [0.717, 1.165) is 24.3 Å². The van der Waals surface area contributed by atoms with Gasteiger partial charge < -0.3 is 34.2 Å². The third-order valence-corrected chi connectivity index (χ3v) is 11.4. The molecule has 0 unspecified atom stereocenters. The van der Waals surface area contributed by atoms with Gasteiger partial charge in [-0.25, -0.2) is 63.6 Å². The molecule has 0 aliphatic carbocycles. The minimum atomic E-state index is -5.67. The Morgan fingerprint density at radius 1 is 0.354 bits per heavy atom. The zero-order valence-electron chi connectivity index (χ0n) is 32.8. The predicted molar refractivity (Wildman–Crippen MR) is 212 cm³/mol. The van der Waals surface area contributed by atoms with Gasteiger partial charge in [-0.15, -0.1) is 0 Å². The van der Waals surface area contributed by atoms with Gasteiger partial charge in [-0.1, -0.05) is 0 Å². The number of benzene rings is 3. The number of amidine groups is 3. The second kappa shape index (κ2) is 22.2. The minimum Gasteiger partial charge on any atom is -0.744 e. The van der Waals surface area contributed by atoms with Crippen LogP contribution in [0.15, 0.2) is 113 Å². The third-order valence-electron chi connectivity index (χ3n) is 7.37. The summed E-state index contributed by atoms with van der Waals surface area (Å²) in [4.78, 5) is 31.0. The fourth-order valence-corrected chi connectivity index (χ4v) is 8.14. The standard InChI is InChI=1S/C27H18Cl3N15O12S4.4Na/c28-19-37-22-31-9-1-3-11(15(5-9)58(46,47)48)33-24-39-20(29)41-26(44-24)35-13-7-14(18(61(55,56)57)8-17(13)60(52,53)54)36-27-42-21(30)40-25(45-27)34-12-4-2-10(32-23(38-19)43-22)6-16(12)59(49,50)51;;;;/h1-8H,(H,46,47,48)(H,49,50,51)(H,52,53,54)(H,55,56,57)(H2,31,32,37,38,43)(H2,33,35,39,41,44)(H2,34,36,40,42,45);;;;/q;4*+1/p-4. The zero-order valence-corrected chi connectivity index (χ0v) is 46.3. The van der Waals surface area contributed by atoms with Crippen LogP contribution in [0.4, 0.5) is 34.1 Å². The van der Waals surface area contributed by atoms with E-state index < -0.39 is 117 Å². The van der Waals surface area contributed by atoms with E-state index in [1.54, 1.807) is 0 Å². The van der Waals surface area contributed by atoms with Crippen molar-refractivity contribution in [3.8, 4) is 0 Å². The number of rotatable bonds is 4. The van der Waals surface area contributed by atoms with E-state index in [1.807, 2.05) is 0 Å². The van der Waals surface area contributed by atoms with E-state index >= 15 is 0 Å². The second-order valence-corrected chi connectivity index (χ2v) is 18.0. The number of nitrogens with one attached hydrogen (secondary N) is 6. The molecular weight excluding hydrogens is 1050 g/mol. The van der Waals surface area contributed by atoms with Crippen molar-refractivity contribution in [3.05, 3.63) is 48.5 Å². The summed E-state index contributed by atoms with van der Waals surface area (Å²) >= 11 is 18.3. The van der Waals surface area contributed by atoms with Crippen molar-refractivity contribution >= 4 is 161 Å². The van der Waals surface area contributed by atoms with Crippen molar-refractivity contribution in [2.45, 2.75) is 19.6 Å². The fraction of sp³-hybridized carbons (Fsp3) is 0. The van der Waals surface area contributed by atoms with Gasteiger partial charge in [-0.3, -0.25) is 16.0 Å². The summed E-state index contributed by atoms with van der Waals surface area (Å²) in [6.45, 7) is 0. The Labute approximate surface area is 469 Å². The molecule has 7 heterocycles. The van der Waals surface area contributed by atoms with Crippen LogP contribution in [-0.2, 0) is 40.5 Å². The van der Waals surface area contributed by atoms with Crippen LogP contribution in [0.2, 0.25) is 0 Å². The number of nitrogens with zero attached hydrogens (tertiary/aromatic N) is 9. The summed E-state index contributed by atoms with van der Waals surface area (Å²) in [6, 6.07) is 6.65. The first-order chi connectivity index (χ1) is 28.4. The van der Waals surface area contributed by atoms with E-state index in [1.165, 1.54) is 12.1 Å². The van der Waals surface area contributed by atoms with E-state index in [-0.39, 0.29) is 153 Å². The van der Waals surface area contributed by atoms with Crippen molar-refractivity contribution in [1.82, 2.24) is 31.9 Å². The Bertz CT molecular complexity index is 3260. The van der Waals surface area contributed by atoms with Gasteiger partial charge >= 0.3 is 118 Å². The number of halogens is 3. The Balaban J connectivity index is 0.00000281. The summed E-state index contributed by atoms with van der Waals surface area (Å²) < 4.78 is 149. The van der Waals surface area contributed by atoms with Crippen molar-refractivity contribution in [1.29, 1.82) is 0 Å². The van der Waals surface area contributed by atoms with Crippen LogP contribution in [0.1, 0.15) is 0 Å². The van der Waals surface area contributed by atoms with Gasteiger partial charge in [0.2, 0.25) is 51.6 Å². The summed E-state index contributed by atoms with van der Waals surface area (Å²) in [5, 5.41) is 13.1. The summed E-state index contributed by atoms with van der Waals surface area (Å²) in [7, 11) is -22.0. The van der Waals surface area contributed by atoms with Crippen molar-refractivity contribution in [2.75, 3.05) is 0 Å². The molecule has 0 amide bonds. The van der Waals surface area contributed by atoms with E-state index in [9.17, 15) is 51.9 Å².